The van der Waals surface area contributed by atoms with Gasteiger partial charge in [-0.1, -0.05) is 42.5 Å². The maximum Gasteiger partial charge on any atom is 0.141 e. The Morgan fingerprint density at radius 2 is 1.79 bits per heavy atom. The highest BCUT2D eigenvalue weighted by atomic mass is 15.1. The fourth-order valence-corrected chi connectivity index (χ4v) is 4.65. The van der Waals surface area contributed by atoms with Gasteiger partial charge in [0.05, 0.1) is 16.7 Å². The molecule has 0 atom stereocenters. The Balaban J connectivity index is 1.70. The summed E-state index contributed by atoms with van der Waals surface area (Å²) in [6.45, 7) is 7.50. The Morgan fingerprint density at radius 1 is 1.00 bits per heavy atom. The maximum atomic E-state index is 5.11. The van der Waals surface area contributed by atoms with Crippen LogP contribution < -0.4 is 5.32 Å². The topological polar surface area (TPSA) is 42.7 Å². The van der Waals surface area contributed by atoms with Gasteiger partial charge in [0.1, 0.15) is 11.3 Å². The summed E-state index contributed by atoms with van der Waals surface area (Å²) in [6, 6.07) is 17.2. The zero-order chi connectivity index (χ0) is 19.8. The van der Waals surface area contributed by atoms with Crippen LogP contribution in [0.1, 0.15) is 30.5 Å². The van der Waals surface area contributed by atoms with Crippen molar-refractivity contribution in [3.63, 3.8) is 0 Å². The number of hydrogen-bond donors (Lipinski definition) is 1. The first-order chi connectivity index (χ1) is 14.2. The summed E-state index contributed by atoms with van der Waals surface area (Å²) in [5.41, 5.74) is 6.76. The Labute approximate surface area is 172 Å². The summed E-state index contributed by atoms with van der Waals surface area (Å²) in [4.78, 5) is 9.99. The minimum atomic E-state index is 0.786. The van der Waals surface area contributed by atoms with E-state index in [9.17, 15) is 0 Å². The zero-order valence-electron chi connectivity index (χ0n) is 17.3. The van der Waals surface area contributed by atoms with E-state index >= 15 is 0 Å². The first-order valence-electron chi connectivity index (χ1n) is 10.7. The molecule has 148 valence electrons. The molecular formula is C25H28N4. The molecule has 1 saturated heterocycles. The van der Waals surface area contributed by atoms with E-state index in [0.717, 1.165) is 48.1 Å². The average Bonchev–Trinajstić information content (AvgIpc) is 3.14. The largest absolute Gasteiger partial charge is 0.323 e. The number of nitrogens with zero attached hydrogens (tertiary/aromatic N) is 3. The molecule has 4 heteroatoms. The van der Waals surface area contributed by atoms with Crippen molar-refractivity contribution in [1.82, 2.24) is 19.9 Å². The standard InChI is InChI=1S/C25H28N4/c1-17-8-9-21-22(16-17)27-18(2)23-24(21)29(15-12-19-10-13-26-14-11-19)25(28-23)20-6-4-3-5-7-20/h3-9,16,19,26H,10-15H2,1-2H3. The van der Waals surface area contributed by atoms with Crippen molar-refractivity contribution in [2.75, 3.05) is 13.1 Å². The monoisotopic (exact) mass is 384 g/mol. The summed E-state index contributed by atoms with van der Waals surface area (Å²) in [6.07, 6.45) is 3.74. The molecule has 0 radical (unpaired) electrons. The van der Waals surface area contributed by atoms with Crippen molar-refractivity contribution in [2.24, 2.45) is 5.92 Å². The highest BCUT2D eigenvalue weighted by molar-refractivity contribution is 6.04. The first-order valence-corrected chi connectivity index (χ1v) is 10.7. The van der Waals surface area contributed by atoms with E-state index in [1.54, 1.807) is 0 Å². The van der Waals surface area contributed by atoms with Crippen LogP contribution >= 0.6 is 0 Å². The lowest BCUT2D eigenvalue weighted by Crippen LogP contribution is -2.28. The lowest BCUT2D eigenvalue weighted by Gasteiger charge is -2.23. The van der Waals surface area contributed by atoms with Crippen molar-refractivity contribution >= 4 is 21.9 Å². The van der Waals surface area contributed by atoms with Gasteiger partial charge in [0.2, 0.25) is 0 Å². The number of pyridine rings is 1. The van der Waals surface area contributed by atoms with Gasteiger partial charge in [-0.2, -0.15) is 0 Å². The van der Waals surface area contributed by atoms with Gasteiger partial charge in [-0.25, -0.2) is 4.98 Å². The number of piperidine rings is 1. The van der Waals surface area contributed by atoms with Crippen LogP contribution in [0.4, 0.5) is 0 Å². The van der Waals surface area contributed by atoms with Gasteiger partial charge in [-0.15, -0.1) is 0 Å². The molecule has 3 heterocycles. The van der Waals surface area contributed by atoms with Gasteiger partial charge in [0, 0.05) is 17.5 Å². The zero-order valence-corrected chi connectivity index (χ0v) is 17.3. The lowest BCUT2D eigenvalue weighted by molar-refractivity contribution is 0.340. The van der Waals surface area contributed by atoms with Crippen molar-refractivity contribution in [2.45, 2.75) is 39.7 Å². The molecule has 1 fully saturated rings. The molecule has 0 unspecified atom stereocenters. The molecule has 29 heavy (non-hydrogen) atoms. The molecule has 4 nitrogen and oxygen atoms in total. The third kappa shape index (κ3) is 3.42. The average molecular weight is 385 g/mol. The quantitative estimate of drug-likeness (QED) is 0.522. The summed E-state index contributed by atoms with van der Waals surface area (Å²) < 4.78 is 2.46. The lowest BCUT2D eigenvalue weighted by atomic mass is 9.94. The number of fused-ring (bicyclic) bond motifs is 3. The highest BCUT2D eigenvalue weighted by Crippen LogP contribution is 2.32. The van der Waals surface area contributed by atoms with Gasteiger partial charge in [0.15, 0.2) is 0 Å². The third-order valence-electron chi connectivity index (χ3n) is 6.26. The Bertz CT molecular complexity index is 1150. The van der Waals surface area contributed by atoms with Crippen LogP contribution in [0.15, 0.2) is 48.5 Å². The first kappa shape index (κ1) is 18.3. The predicted molar refractivity (Wildman–Crippen MR) is 120 cm³/mol. The van der Waals surface area contributed by atoms with Gasteiger partial charge in [0.25, 0.3) is 0 Å². The van der Waals surface area contributed by atoms with Gasteiger partial charge < -0.3 is 9.88 Å². The number of benzene rings is 2. The third-order valence-corrected chi connectivity index (χ3v) is 6.26. The fraction of sp³-hybridized carbons (Fsp3) is 0.360. The van der Waals surface area contributed by atoms with Crippen LogP contribution in [0.2, 0.25) is 0 Å². The molecule has 0 spiro atoms. The van der Waals surface area contributed by atoms with E-state index < -0.39 is 0 Å². The second kappa shape index (κ2) is 7.60. The van der Waals surface area contributed by atoms with Crippen molar-refractivity contribution in [3.05, 3.63) is 59.8 Å². The van der Waals surface area contributed by atoms with Crippen molar-refractivity contribution < 1.29 is 0 Å². The molecule has 5 rings (SSSR count). The van der Waals surface area contributed by atoms with Gasteiger partial charge in [-0.05, 0) is 63.7 Å². The molecule has 2 aromatic carbocycles. The summed E-state index contributed by atoms with van der Waals surface area (Å²) in [5.74, 6) is 1.85. The van der Waals surface area contributed by atoms with E-state index in [2.05, 4.69) is 72.3 Å². The molecule has 0 amide bonds. The predicted octanol–water partition coefficient (Wildman–Crippen LogP) is 5.26. The van der Waals surface area contributed by atoms with E-state index in [0.29, 0.717) is 0 Å². The smallest absolute Gasteiger partial charge is 0.141 e. The van der Waals surface area contributed by atoms with Crippen LogP contribution in [0, 0.1) is 19.8 Å². The normalized spacial score (nSPS) is 15.4. The van der Waals surface area contributed by atoms with E-state index in [4.69, 9.17) is 9.97 Å². The second-order valence-corrected chi connectivity index (χ2v) is 8.35. The Hall–Kier alpha value is -2.72. The summed E-state index contributed by atoms with van der Waals surface area (Å²) in [5, 5.41) is 4.69. The van der Waals surface area contributed by atoms with Crippen LogP contribution in [-0.4, -0.2) is 27.6 Å². The van der Waals surface area contributed by atoms with Crippen LogP contribution in [0.3, 0.4) is 0 Å². The second-order valence-electron chi connectivity index (χ2n) is 8.35. The van der Waals surface area contributed by atoms with E-state index in [1.165, 1.54) is 41.3 Å². The minimum absolute atomic E-state index is 0.786. The molecule has 1 aliphatic heterocycles. The summed E-state index contributed by atoms with van der Waals surface area (Å²) >= 11 is 0. The molecule has 2 aromatic heterocycles. The number of aromatic nitrogens is 3. The minimum Gasteiger partial charge on any atom is -0.323 e. The fourth-order valence-electron chi connectivity index (χ4n) is 4.65. The van der Waals surface area contributed by atoms with E-state index in [1.807, 2.05) is 0 Å². The molecule has 0 aliphatic carbocycles. The number of imidazole rings is 1. The number of hydrogen-bond acceptors (Lipinski definition) is 3. The SMILES string of the molecule is Cc1ccc2c(c1)nc(C)c1nc(-c3ccccc3)n(CCC3CCNCC3)c12. The van der Waals surface area contributed by atoms with Crippen LogP contribution in [0.5, 0.6) is 0 Å². The number of nitrogens with one attached hydrogen (secondary N) is 1. The molecule has 4 aromatic rings. The molecule has 1 N–H and O–H groups in total. The molecular weight excluding hydrogens is 356 g/mol. The number of rotatable bonds is 4. The molecule has 0 saturated carbocycles. The molecule has 1 aliphatic rings. The van der Waals surface area contributed by atoms with Crippen LogP contribution in [0.25, 0.3) is 33.3 Å². The Morgan fingerprint density at radius 3 is 2.59 bits per heavy atom. The van der Waals surface area contributed by atoms with E-state index in [-0.39, 0.29) is 0 Å². The molecule has 0 bridgehead atoms. The number of aryl methyl sites for hydroxylation is 3. The highest BCUT2D eigenvalue weighted by Gasteiger charge is 2.20. The van der Waals surface area contributed by atoms with Crippen molar-refractivity contribution in [1.29, 1.82) is 0 Å². The Kier molecular flexibility index (Phi) is 4.80. The van der Waals surface area contributed by atoms with Crippen molar-refractivity contribution in [3.8, 4) is 11.4 Å². The summed E-state index contributed by atoms with van der Waals surface area (Å²) in [7, 11) is 0. The van der Waals surface area contributed by atoms with Gasteiger partial charge >= 0.3 is 0 Å². The maximum absolute atomic E-state index is 5.11. The van der Waals surface area contributed by atoms with Gasteiger partial charge in [-0.3, -0.25) is 4.98 Å². The van der Waals surface area contributed by atoms with Crippen LogP contribution in [-0.2, 0) is 6.54 Å².